The Balaban J connectivity index is 1.94. The highest BCUT2D eigenvalue weighted by molar-refractivity contribution is 5.92. The Morgan fingerprint density at radius 3 is 2.92 bits per heavy atom. The van der Waals surface area contributed by atoms with Crippen LogP contribution in [0.5, 0.6) is 0 Å². The van der Waals surface area contributed by atoms with E-state index in [1.54, 1.807) is 12.4 Å². The van der Waals surface area contributed by atoms with Crippen LogP contribution in [0.15, 0.2) is 18.6 Å². The van der Waals surface area contributed by atoms with Crippen LogP contribution in [0, 0.1) is 5.92 Å². The fourth-order valence-electron chi connectivity index (χ4n) is 1.07. The largest absolute Gasteiger partial charge is 0.315 e. The first-order chi connectivity index (χ1) is 6.36. The Morgan fingerprint density at radius 2 is 2.38 bits per heavy atom. The number of carbonyl (C=O) groups is 1. The zero-order valence-electron chi connectivity index (χ0n) is 7.03. The first kappa shape index (κ1) is 8.12. The molecule has 1 fully saturated rings. The summed E-state index contributed by atoms with van der Waals surface area (Å²) in [5.74, 6) is 0.612. The number of anilines is 1. The maximum atomic E-state index is 11.4. The van der Waals surface area contributed by atoms with Gasteiger partial charge in [-0.3, -0.25) is 9.78 Å². The van der Waals surface area contributed by atoms with Crippen molar-refractivity contribution in [1.82, 2.24) is 15.3 Å². The Hall–Kier alpha value is -1.49. The number of rotatable bonds is 2. The highest BCUT2D eigenvalue weighted by atomic mass is 16.2. The van der Waals surface area contributed by atoms with E-state index in [2.05, 4.69) is 20.6 Å². The summed E-state index contributed by atoms with van der Waals surface area (Å²) in [4.78, 5) is 19.2. The predicted molar refractivity (Wildman–Crippen MR) is 47.0 cm³/mol. The van der Waals surface area contributed by atoms with E-state index in [1.165, 1.54) is 6.20 Å². The minimum absolute atomic E-state index is 0.0132. The third kappa shape index (κ3) is 1.81. The highest BCUT2D eigenvalue weighted by Gasteiger charge is 2.24. The van der Waals surface area contributed by atoms with Gasteiger partial charge in [-0.05, 0) is 0 Å². The van der Waals surface area contributed by atoms with Gasteiger partial charge < -0.3 is 10.6 Å². The number of hydrogen-bond donors (Lipinski definition) is 2. The zero-order chi connectivity index (χ0) is 9.10. The molecule has 1 aliphatic heterocycles. The molecule has 0 aliphatic carbocycles. The van der Waals surface area contributed by atoms with Crippen LogP contribution in [0.4, 0.5) is 5.82 Å². The van der Waals surface area contributed by atoms with E-state index in [1.807, 2.05) is 0 Å². The number of carbonyl (C=O) groups excluding carboxylic acids is 1. The summed E-state index contributed by atoms with van der Waals surface area (Å²) in [5, 5.41) is 5.72. The van der Waals surface area contributed by atoms with Crippen LogP contribution in [0.3, 0.4) is 0 Å². The molecule has 2 N–H and O–H groups in total. The van der Waals surface area contributed by atoms with Crippen molar-refractivity contribution >= 4 is 11.7 Å². The van der Waals surface area contributed by atoms with E-state index >= 15 is 0 Å². The van der Waals surface area contributed by atoms with Crippen LogP contribution in [0.25, 0.3) is 0 Å². The van der Waals surface area contributed by atoms with Crippen molar-refractivity contribution in [1.29, 1.82) is 0 Å². The Morgan fingerprint density at radius 1 is 1.54 bits per heavy atom. The van der Waals surface area contributed by atoms with Crippen molar-refractivity contribution in [2.24, 2.45) is 5.92 Å². The molecule has 1 aromatic rings. The summed E-state index contributed by atoms with van der Waals surface area (Å²) in [6.45, 7) is 1.51. The molecule has 0 unspecified atom stereocenters. The number of hydrogen-bond acceptors (Lipinski definition) is 4. The number of amides is 1. The van der Waals surface area contributed by atoms with Gasteiger partial charge in [0.25, 0.3) is 0 Å². The molecule has 0 aromatic carbocycles. The summed E-state index contributed by atoms with van der Waals surface area (Å²) < 4.78 is 0. The SMILES string of the molecule is O=C(Nc1cnccn1)C1CNC1. The average Bonchev–Trinajstić information content (AvgIpc) is 2.02. The van der Waals surface area contributed by atoms with Crippen LogP contribution in [-0.4, -0.2) is 29.0 Å². The lowest BCUT2D eigenvalue weighted by molar-refractivity contribution is -0.121. The molecule has 1 amide bonds. The van der Waals surface area contributed by atoms with Gasteiger partial charge in [-0.15, -0.1) is 0 Å². The fourth-order valence-corrected chi connectivity index (χ4v) is 1.07. The molecule has 5 heteroatoms. The van der Waals surface area contributed by atoms with E-state index in [-0.39, 0.29) is 11.8 Å². The first-order valence-electron chi connectivity index (χ1n) is 4.14. The third-order valence-electron chi connectivity index (χ3n) is 1.97. The number of aromatic nitrogens is 2. The topological polar surface area (TPSA) is 66.9 Å². The molecule has 0 atom stereocenters. The van der Waals surface area contributed by atoms with Gasteiger partial charge in [-0.1, -0.05) is 0 Å². The lowest BCUT2D eigenvalue weighted by Gasteiger charge is -2.25. The minimum Gasteiger partial charge on any atom is -0.315 e. The van der Waals surface area contributed by atoms with Crippen molar-refractivity contribution in [3.63, 3.8) is 0 Å². The molecule has 1 aromatic heterocycles. The molecule has 2 heterocycles. The molecule has 0 radical (unpaired) electrons. The predicted octanol–water partition coefficient (Wildman–Crippen LogP) is -0.366. The van der Waals surface area contributed by atoms with Crippen LogP contribution < -0.4 is 10.6 Å². The van der Waals surface area contributed by atoms with Gasteiger partial charge in [0.1, 0.15) is 0 Å². The molecular weight excluding hydrogens is 168 g/mol. The number of nitrogens with one attached hydrogen (secondary N) is 2. The van der Waals surface area contributed by atoms with Gasteiger partial charge in [0.05, 0.1) is 12.1 Å². The fraction of sp³-hybridized carbons (Fsp3) is 0.375. The molecule has 68 valence electrons. The van der Waals surface area contributed by atoms with Crippen molar-refractivity contribution in [2.45, 2.75) is 0 Å². The maximum Gasteiger partial charge on any atom is 0.231 e. The van der Waals surface area contributed by atoms with Crippen molar-refractivity contribution in [2.75, 3.05) is 18.4 Å². The Labute approximate surface area is 75.6 Å². The van der Waals surface area contributed by atoms with Crippen LogP contribution in [0.2, 0.25) is 0 Å². The monoisotopic (exact) mass is 178 g/mol. The molecular formula is C8H10N4O. The molecule has 1 aliphatic rings. The molecule has 5 nitrogen and oxygen atoms in total. The summed E-state index contributed by atoms with van der Waals surface area (Å²) >= 11 is 0. The second kappa shape index (κ2) is 3.49. The first-order valence-corrected chi connectivity index (χ1v) is 4.14. The maximum absolute atomic E-state index is 11.4. The van der Waals surface area contributed by atoms with Crippen molar-refractivity contribution in [3.8, 4) is 0 Å². The van der Waals surface area contributed by atoms with E-state index in [0.717, 1.165) is 13.1 Å². The van der Waals surface area contributed by atoms with Crippen LogP contribution in [0.1, 0.15) is 0 Å². The van der Waals surface area contributed by atoms with E-state index < -0.39 is 0 Å². The van der Waals surface area contributed by atoms with E-state index in [4.69, 9.17) is 0 Å². The minimum atomic E-state index is 0.0132. The molecule has 13 heavy (non-hydrogen) atoms. The molecule has 1 saturated heterocycles. The second-order valence-corrected chi connectivity index (χ2v) is 2.94. The lowest BCUT2D eigenvalue weighted by Crippen LogP contribution is -2.48. The quantitative estimate of drug-likeness (QED) is 0.648. The highest BCUT2D eigenvalue weighted by Crippen LogP contribution is 2.06. The van der Waals surface area contributed by atoms with Crippen molar-refractivity contribution in [3.05, 3.63) is 18.6 Å². The number of nitrogens with zero attached hydrogens (tertiary/aromatic N) is 2. The smallest absolute Gasteiger partial charge is 0.231 e. The van der Waals surface area contributed by atoms with Crippen LogP contribution >= 0.6 is 0 Å². The Bertz CT molecular complexity index is 296. The standard InChI is InChI=1S/C8H10N4O/c13-8(6-3-10-4-6)12-7-5-9-1-2-11-7/h1-2,5-6,10H,3-4H2,(H,11,12,13). The summed E-state index contributed by atoms with van der Waals surface area (Å²) in [6.07, 6.45) is 4.65. The second-order valence-electron chi connectivity index (χ2n) is 2.94. The average molecular weight is 178 g/mol. The summed E-state index contributed by atoms with van der Waals surface area (Å²) in [6, 6.07) is 0. The van der Waals surface area contributed by atoms with Gasteiger partial charge >= 0.3 is 0 Å². The van der Waals surface area contributed by atoms with Gasteiger partial charge in [0.15, 0.2) is 5.82 Å². The summed E-state index contributed by atoms with van der Waals surface area (Å²) in [7, 11) is 0. The van der Waals surface area contributed by atoms with E-state index in [9.17, 15) is 4.79 Å². The van der Waals surface area contributed by atoms with E-state index in [0.29, 0.717) is 5.82 Å². The molecule has 0 bridgehead atoms. The Kier molecular flexibility index (Phi) is 2.18. The normalized spacial score (nSPS) is 16.3. The van der Waals surface area contributed by atoms with Gasteiger partial charge in [-0.2, -0.15) is 0 Å². The third-order valence-corrected chi connectivity index (χ3v) is 1.97. The van der Waals surface area contributed by atoms with Gasteiger partial charge in [-0.25, -0.2) is 4.98 Å². The molecule has 2 rings (SSSR count). The van der Waals surface area contributed by atoms with Gasteiger partial charge in [0.2, 0.25) is 5.91 Å². The van der Waals surface area contributed by atoms with Crippen molar-refractivity contribution < 1.29 is 4.79 Å². The van der Waals surface area contributed by atoms with Crippen LogP contribution in [-0.2, 0) is 4.79 Å². The zero-order valence-corrected chi connectivity index (χ0v) is 7.03. The lowest BCUT2D eigenvalue weighted by atomic mass is 10.0. The molecule has 0 saturated carbocycles. The summed E-state index contributed by atoms with van der Waals surface area (Å²) in [5.41, 5.74) is 0. The molecule has 0 spiro atoms. The van der Waals surface area contributed by atoms with Gasteiger partial charge in [0, 0.05) is 25.5 Å².